The van der Waals surface area contributed by atoms with Crippen LogP contribution in [-0.2, 0) is 0 Å². The van der Waals surface area contributed by atoms with Gasteiger partial charge in [-0.2, -0.15) is 0 Å². The second-order valence-electron chi connectivity index (χ2n) is 5.69. The third-order valence-corrected chi connectivity index (χ3v) is 3.73. The second-order valence-corrected chi connectivity index (χ2v) is 5.69. The highest BCUT2D eigenvalue weighted by molar-refractivity contribution is 5.97. The highest BCUT2D eigenvalue weighted by Crippen LogP contribution is 2.17. The summed E-state index contributed by atoms with van der Waals surface area (Å²) in [5.74, 6) is 6.82. The van der Waals surface area contributed by atoms with E-state index in [4.69, 9.17) is 4.74 Å². The van der Waals surface area contributed by atoms with Crippen LogP contribution < -0.4 is 4.74 Å². The Morgan fingerprint density at radius 1 is 0.840 bits per heavy atom. The van der Waals surface area contributed by atoms with Gasteiger partial charge >= 0.3 is 0 Å². The van der Waals surface area contributed by atoms with E-state index in [1.807, 2.05) is 73.7 Å². The van der Waals surface area contributed by atoms with Crippen LogP contribution in [0.15, 0.2) is 78.9 Å². The summed E-state index contributed by atoms with van der Waals surface area (Å²) in [6.07, 6.45) is 0. The number of ether oxygens (including phenoxy) is 1. The SMILES string of the molecule is Cc1ccc(C#Cc2ccccc2OCC(=O)c2ccccc2)cc1. The largest absolute Gasteiger partial charge is 0.484 e. The fourth-order valence-corrected chi connectivity index (χ4v) is 2.32. The molecule has 3 rings (SSSR count). The van der Waals surface area contributed by atoms with E-state index in [1.54, 1.807) is 12.1 Å². The first-order valence-corrected chi connectivity index (χ1v) is 8.11. The Morgan fingerprint density at radius 2 is 1.52 bits per heavy atom. The number of carbonyl (C=O) groups is 1. The summed E-state index contributed by atoms with van der Waals surface area (Å²) in [5, 5.41) is 0. The second kappa shape index (κ2) is 7.99. The molecule has 25 heavy (non-hydrogen) atoms. The van der Waals surface area contributed by atoms with E-state index in [-0.39, 0.29) is 12.4 Å². The third-order valence-electron chi connectivity index (χ3n) is 3.73. The first-order valence-electron chi connectivity index (χ1n) is 8.11. The summed E-state index contributed by atoms with van der Waals surface area (Å²) < 4.78 is 5.71. The molecule has 0 fully saturated rings. The van der Waals surface area contributed by atoms with E-state index in [2.05, 4.69) is 11.8 Å². The van der Waals surface area contributed by atoms with E-state index in [1.165, 1.54) is 5.56 Å². The molecule has 0 saturated heterocycles. The fraction of sp³-hybridized carbons (Fsp3) is 0.0870. The number of carbonyl (C=O) groups excluding carboxylic acids is 1. The Labute approximate surface area is 148 Å². The highest BCUT2D eigenvalue weighted by atomic mass is 16.5. The molecule has 0 aliphatic carbocycles. The monoisotopic (exact) mass is 326 g/mol. The predicted molar refractivity (Wildman–Crippen MR) is 99.9 cm³/mol. The topological polar surface area (TPSA) is 26.3 Å². The van der Waals surface area contributed by atoms with Gasteiger partial charge in [0, 0.05) is 11.1 Å². The van der Waals surface area contributed by atoms with Crippen LogP contribution in [0.4, 0.5) is 0 Å². The van der Waals surface area contributed by atoms with Crippen LogP contribution in [0.2, 0.25) is 0 Å². The van der Waals surface area contributed by atoms with Crippen LogP contribution in [0, 0.1) is 18.8 Å². The molecule has 0 bridgehead atoms. The number of aryl methyl sites for hydroxylation is 1. The molecule has 0 amide bonds. The van der Waals surface area contributed by atoms with Gasteiger partial charge in [-0.25, -0.2) is 0 Å². The summed E-state index contributed by atoms with van der Waals surface area (Å²) in [6, 6.07) is 24.7. The standard InChI is InChI=1S/C23H18O2/c1-18-11-13-19(14-12-18)15-16-21-9-5-6-10-23(21)25-17-22(24)20-7-3-2-4-8-20/h2-14H,17H2,1H3. The van der Waals surface area contributed by atoms with Gasteiger partial charge in [0.15, 0.2) is 12.4 Å². The van der Waals surface area contributed by atoms with E-state index in [9.17, 15) is 4.79 Å². The molecule has 0 atom stereocenters. The molecule has 0 spiro atoms. The molecule has 0 unspecified atom stereocenters. The molecule has 0 aromatic heterocycles. The van der Waals surface area contributed by atoms with E-state index in [0.717, 1.165) is 11.1 Å². The summed E-state index contributed by atoms with van der Waals surface area (Å²) in [4.78, 5) is 12.2. The first kappa shape index (κ1) is 16.5. The van der Waals surface area contributed by atoms with Gasteiger partial charge in [0.05, 0.1) is 5.56 Å². The van der Waals surface area contributed by atoms with Crippen molar-refractivity contribution in [2.45, 2.75) is 6.92 Å². The summed E-state index contributed by atoms with van der Waals surface area (Å²) in [6.45, 7) is 2.04. The number of benzene rings is 3. The molecular formula is C23H18O2. The van der Waals surface area contributed by atoms with Gasteiger partial charge < -0.3 is 4.74 Å². The summed E-state index contributed by atoms with van der Waals surface area (Å²) in [7, 11) is 0. The van der Waals surface area contributed by atoms with Crippen LogP contribution in [0.25, 0.3) is 0 Å². The molecule has 2 heteroatoms. The summed E-state index contributed by atoms with van der Waals surface area (Å²) >= 11 is 0. The zero-order valence-electron chi connectivity index (χ0n) is 14.0. The lowest BCUT2D eigenvalue weighted by atomic mass is 10.1. The van der Waals surface area contributed by atoms with Gasteiger partial charge in [0.2, 0.25) is 0 Å². The third kappa shape index (κ3) is 4.59. The van der Waals surface area contributed by atoms with Crippen LogP contribution in [-0.4, -0.2) is 12.4 Å². The molecule has 0 N–H and O–H groups in total. The lowest BCUT2D eigenvalue weighted by molar-refractivity contribution is 0.0921. The number of hydrogen-bond acceptors (Lipinski definition) is 2. The van der Waals surface area contributed by atoms with E-state index in [0.29, 0.717) is 11.3 Å². The maximum Gasteiger partial charge on any atom is 0.200 e. The van der Waals surface area contributed by atoms with Gasteiger partial charge in [0.1, 0.15) is 5.75 Å². The number of Topliss-reactive ketones (excluding diaryl/α,β-unsaturated/α-hetero) is 1. The Morgan fingerprint density at radius 3 is 2.28 bits per heavy atom. The van der Waals surface area contributed by atoms with Gasteiger partial charge in [-0.1, -0.05) is 72.0 Å². The molecule has 3 aromatic carbocycles. The van der Waals surface area contributed by atoms with Gasteiger partial charge in [-0.05, 0) is 31.2 Å². The molecule has 0 aliphatic rings. The number of ketones is 1. The minimum absolute atomic E-state index is 0.00671. The van der Waals surface area contributed by atoms with Crippen molar-refractivity contribution in [3.8, 4) is 17.6 Å². The molecule has 0 heterocycles. The van der Waals surface area contributed by atoms with Crippen molar-refractivity contribution in [3.63, 3.8) is 0 Å². The first-order chi connectivity index (χ1) is 12.2. The lowest BCUT2D eigenvalue weighted by Crippen LogP contribution is -2.11. The molecule has 3 aromatic rings. The van der Waals surface area contributed by atoms with Crippen molar-refractivity contribution in [2.24, 2.45) is 0 Å². The van der Waals surface area contributed by atoms with Crippen LogP contribution in [0.1, 0.15) is 27.0 Å². The van der Waals surface area contributed by atoms with Crippen molar-refractivity contribution in [1.82, 2.24) is 0 Å². The molecule has 0 aliphatic heterocycles. The van der Waals surface area contributed by atoms with E-state index < -0.39 is 0 Å². The minimum Gasteiger partial charge on any atom is -0.484 e. The van der Waals surface area contributed by atoms with Crippen LogP contribution >= 0.6 is 0 Å². The number of rotatable bonds is 4. The van der Waals surface area contributed by atoms with Crippen molar-refractivity contribution in [3.05, 3.63) is 101 Å². The highest BCUT2D eigenvalue weighted by Gasteiger charge is 2.07. The minimum atomic E-state index is -0.0538. The zero-order valence-corrected chi connectivity index (χ0v) is 14.0. The smallest absolute Gasteiger partial charge is 0.200 e. The number of hydrogen-bond donors (Lipinski definition) is 0. The Kier molecular flexibility index (Phi) is 5.29. The van der Waals surface area contributed by atoms with Gasteiger partial charge in [0.25, 0.3) is 0 Å². The molecule has 0 saturated carbocycles. The molecule has 122 valence electrons. The molecular weight excluding hydrogens is 308 g/mol. The van der Waals surface area contributed by atoms with Crippen molar-refractivity contribution in [2.75, 3.05) is 6.61 Å². The Hall–Kier alpha value is -3.31. The van der Waals surface area contributed by atoms with Crippen LogP contribution in [0.3, 0.4) is 0 Å². The quantitative estimate of drug-likeness (QED) is 0.515. The average Bonchev–Trinajstić information content (AvgIpc) is 2.67. The van der Waals surface area contributed by atoms with Gasteiger partial charge in [-0.3, -0.25) is 4.79 Å². The van der Waals surface area contributed by atoms with Crippen molar-refractivity contribution >= 4 is 5.78 Å². The van der Waals surface area contributed by atoms with E-state index >= 15 is 0 Å². The maximum absolute atomic E-state index is 12.2. The Bertz CT molecular complexity index is 914. The van der Waals surface area contributed by atoms with Crippen LogP contribution in [0.5, 0.6) is 5.75 Å². The normalized spacial score (nSPS) is 9.80. The fourth-order valence-electron chi connectivity index (χ4n) is 2.32. The molecule has 0 radical (unpaired) electrons. The van der Waals surface area contributed by atoms with Crippen molar-refractivity contribution in [1.29, 1.82) is 0 Å². The summed E-state index contributed by atoms with van der Waals surface area (Å²) in [5.41, 5.74) is 3.56. The Balaban J connectivity index is 1.73. The lowest BCUT2D eigenvalue weighted by Gasteiger charge is -2.07. The number of para-hydroxylation sites is 1. The molecule has 2 nitrogen and oxygen atoms in total. The maximum atomic E-state index is 12.2. The van der Waals surface area contributed by atoms with Gasteiger partial charge in [-0.15, -0.1) is 0 Å². The predicted octanol–water partition coefficient (Wildman–Crippen LogP) is 4.66. The van der Waals surface area contributed by atoms with Crippen molar-refractivity contribution < 1.29 is 9.53 Å². The zero-order chi connectivity index (χ0) is 17.5. The average molecular weight is 326 g/mol.